The van der Waals surface area contributed by atoms with E-state index >= 15 is 0 Å². The summed E-state index contributed by atoms with van der Waals surface area (Å²) in [6, 6.07) is 6.21. The number of para-hydroxylation sites is 1. The van der Waals surface area contributed by atoms with Gasteiger partial charge in [-0.3, -0.25) is 0 Å². The zero-order chi connectivity index (χ0) is 11.7. The van der Waals surface area contributed by atoms with E-state index in [0.29, 0.717) is 17.6 Å². The largest absolute Gasteiger partial charge is 0.423 e. The molecule has 2 N–H and O–H groups in total. The molecule has 86 valence electrons. The van der Waals surface area contributed by atoms with E-state index in [1.54, 1.807) is 0 Å². The molecular formula is C12H17N3O. The number of hydrogen-bond acceptors (Lipinski definition) is 4. The van der Waals surface area contributed by atoms with E-state index in [2.05, 4.69) is 18.8 Å². The number of rotatable bonds is 3. The summed E-state index contributed by atoms with van der Waals surface area (Å²) >= 11 is 0. The van der Waals surface area contributed by atoms with Crippen LogP contribution in [0.3, 0.4) is 0 Å². The van der Waals surface area contributed by atoms with Gasteiger partial charge in [-0.15, -0.1) is 0 Å². The topological polar surface area (TPSA) is 55.3 Å². The Morgan fingerprint density at radius 1 is 1.44 bits per heavy atom. The van der Waals surface area contributed by atoms with Gasteiger partial charge in [-0.1, -0.05) is 19.9 Å². The minimum atomic E-state index is 0.567. The zero-order valence-corrected chi connectivity index (χ0v) is 9.90. The molecule has 0 unspecified atom stereocenters. The Hall–Kier alpha value is -1.71. The maximum absolute atomic E-state index is 5.83. The van der Waals surface area contributed by atoms with Crippen molar-refractivity contribution in [2.24, 2.45) is 5.92 Å². The molecule has 0 aliphatic rings. The van der Waals surface area contributed by atoms with Gasteiger partial charge in [-0.25, -0.2) is 0 Å². The third-order valence-corrected chi connectivity index (χ3v) is 2.40. The molecule has 0 saturated heterocycles. The molecule has 0 bridgehead atoms. The first-order valence-electron chi connectivity index (χ1n) is 5.44. The summed E-state index contributed by atoms with van der Waals surface area (Å²) in [5.74, 6) is 0.567. The molecule has 0 aliphatic carbocycles. The number of fused-ring (bicyclic) bond motifs is 1. The van der Waals surface area contributed by atoms with Gasteiger partial charge in [0.2, 0.25) is 0 Å². The van der Waals surface area contributed by atoms with Crippen molar-refractivity contribution >= 4 is 22.8 Å². The highest BCUT2D eigenvalue weighted by atomic mass is 16.4. The number of anilines is 2. The lowest BCUT2D eigenvalue weighted by Gasteiger charge is -2.16. The Kier molecular flexibility index (Phi) is 2.73. The first kappa shape index (κ1) is 10.8. The number of hydrogen-bond donors (Lipinski definition) is 1. The lowest BCUT2D eigenvalue weighted by atomic mass is 10.2. The minimum Gasteiger partial charge on any atom is -0.423 e. The van der Waals surface area contributed by atoms with Crippen molar-refractivity contribution in [2.75, 3.05) is 24.2 Å². The molecule has 2 rings (SSSR count). The Balaban J connectivity index is 2.36. The summed E-state index contributed by atoms with van der Waals surface area (Å²) in [5, 5.41) is 0. The Morgan fingerprint density at radius 2 is 2.19 bits per heavy atom. The van der Waals surface area contributed by atoms with E-state index in [4.69, 9.17) is 10.2 Å². The predicted octanol–water partition coefficient (Wildman–Crippen LogP) is 2.50. The fourth-order valence-electron chi connectivity index (χ4n) is 1.75. The molecule has 1 aromatic heterocycles. The first-order chi connectivity index (χ1) is 7.58. The highest BCUT2D eigenvalue weighted by Gasteiger charge is 2.12. The second kappa shape index (κ2) is 4.04. The maximum atomic E-state index is 5.83. The molecule has 0 amide bonds. The molecule has 0 spiro atoms. The second-order valence-electron chi connectivity index (χ2n) is 4.46. The third kappa shape index (κ3) is 1.96. The fourth-order valence-corrected chi connectivity index (χ4v) is 1.75. The van der Waals surface area contributed by atoms with Gasteiger partial charge in [0.05, 0.1) is 5.69 Å². The number of nitrogens with two attached hydrogens (primary N) is 1. The van der Waals surface area contributed by atoms with Crippen molar-refractivity contribution in [2.45, 2.75) is 13.8 Å². The fraction of sp³-hybridized carbons (Fsp3) is 0.417. The van der Waals surface area contributed by atoms with Gasteiger partial charge in [0.25, 0.3) is 6.01 Å². The van der Waals surface area contributed by atoms with E-state index in [9.17, 15) is 0 Å². The van der Waals surface area contributed by atoms with Crippen LogP contribution in [0.5, 0.6) is 0 Å². The standard InChI is InChI=1S/C12H17N3O/c1-8(2)7-15(3)12-14-11-9(13)5-4-6-10(11)16-12/h4-6,8H,7,13H2,1-3H3. The van der Waals surface area contributed by atoms with E-state index in [-0.39, 0.29) is 0 Å². The molecule has 0 fully saturated rings. The molecule has 2 aromatic rings. The van der Waals surface area contributed by atoms with Crippen molar-refractivity contribution in [1.82, 2.24) is 4.98 Å². The van der Waals surface area contributed by atoms with Crippen molar-refractivity contribution < 1.29 is 4.42 Å². The minimum absolute atomic E-state index is 0.567. The van der Waals surface area contributed by atoms with Crippen LogP contribution in [0.1, 0.15) is 13.8 Å². The Morgan fingerprint density at radius 3 is 2.81 bits per heavy atom. The maximum Gasteiger partial charge on any atom is 0.298 e. The van der Waals surface area contributed by atoms with Crippen molar-refractivity contribution in [3.05, 3.63) is 18.2 Å². The van der Waals surface area contributed by atoms with Gasteiger partial charge in [-0.2, -0.15) is 4.98 Å². The van der Waals surface area contributed by atoms with Crippen molar-refractivity contribution in [3.63, 3.8) is 0 Å². The van der Waals surface area contributed by atoms with Crippen molar-refractivity contribution in [3.8, 4) is 0 Å². The molecule has 4 nitrogen and oxygen atoms in total. The highest BCUT2D eigenvalue weighted by molar-refractivity contribution is 5.86. The third-order valence-electron chi connectivity index (χ3n) is 2.40. The van der Waals surface area contributed by atoms with Gasteiger partial charge in [0.1, 0.15) is 5.52 Å². The van der Waals surface area contributed by atoms with E-state index < -0.39 is 0 Å². The lowest BCUT2D eigenvalue weighted by Crippen LogP contribution is -2.22. The smallest absolute Gasteiger partial charge is 0.298 e. The average molecular weight is 219 g/mol. The molecule has 4 heteroatoms. The van der Waals surface area contributed by atoms with E-state index in [1.807, 2.05) is 30.1 Å². The number of nitrogens with zero attached hydrogens (tertiary/aromatic N) is 2. The summed E-state index contributed by atoms with van der Waals surface area (Å²) in [5.41, 5.74) is 7.97. The van der Waals surface area contributed by atoms with Gasteiger partial charge >= 0.3 is 0 Å². The Labute approximate surface area is 95.1 Å². The van der Waals surface area contributed by atoms with E-state index in [1.165, 1.54) is 0 Å². The summed E-state index contributed by atoms with van der Waals surface area (Å²) < 4.78 is 5.65. The lowest BCUT2D eigenvalue weighted by molar-refractivity contribution is 0.550. The van der Waals surface area contributed by atoms with Crippen LogP contribution in [0.25, 0.3) is 11.1 Å². The molecule has 1 heterocycles. The number of aromatic nitrogens is 1. The van der Waals surface area contributed by atoms with Crippen LogP contribution in [-0.4, -0.2) is 18.6 Å². The number of benzene rings is 1. The first-order valence-corrected chi connectivity index (χ1v) is 5.44. The van der Waals surface area contributed by atoms with Crippen LogP contribution in [-0.2, 0) is 0 Å². The number of oxazole rings is 1. The van der Waals surface area contributed by atoms with Gasteiger partial charge in [0, 0.05) is 13.6 Å². The summed E-state index contributed by atoms with van der Waals surface area (Å²) in [6.07, 6.45) is 0. The van der Waals surface area contributed by atoms with E-state index in [0.717, 1.165) is 17.6 Å². The molecule has 1 aromatic carbocycles. The zero-order valence-electron chi connectivity index (χ0n) is 9.90. The second-order valence-corrected chi connectivity index (χ2v) is 4.46. The van der Waals surface area contributed by atoms with Crippen LogP contribution in [0.4, 0.5) is 11.7 Å². The van der Waals surface area contributed by atoms with Crippen LogP contribution >= 0.6 is 0 Å². The normalized spacial score (nSPS) is 11.2. The highest BCUT2D eigenvalue weighted by Crippen LogP contribution is 2.25. The van der Waals surface area contributed by atoms with Crippen LogP contribution < -0.4 is 10.6 Å². The molecule has 0 radical (unpaired) electrons. The molecule has 0 atom stereocenters. The SMILES string of the molecule is CC(C)CN(C)c1nc2c(N)cccc2o1. The number of nitrogen functional groups attached to an aromatic ring is 1. The quantitative estimate of drug-likeness (QED) is 0.806. The van der Waals surface area contributed by atoms with Gasteiger partial charge in [0.15, 0.2) is 5.58 Å². The summed E-state index contributed by atoms with van der Waals surface area (Å²) in [7, 11) is 1.97. The van der Waals surface area contributed by atoms with Crippen LogP contribution in [0.2, 0.25) is 0 Å². The average Bonchev–Trinajstić information content (AvgIpc) is 2.61. The predicted molar refractivity (Wildman–Crippen MR) is 66.5 cm³/mol. The van der Waals surface area contributed by atoms with Gasteiger partial charge < -0.3 is 15.1 Å². The molecule has 0 aliphatic heterocycles. The Bertz CT molecular complexity index is 490. The monoisotopic (exact) mass is 219 g/mol. The molecule has 0 saturated carbocycles. The molecular weight excluding hydrogens is 202 g/mol. The summed E-state index contributed by atoms with van der Waals surface area (Å²) in [4.78, 5) is 6.40. The van der Waals surface area contributed by atoms with Crippen LogP contribution in [0.15, 0.2) is 22.6 Å². The van der Waals surface area contributed by atoms with Crippen molar-refractivity contribution in [1.29, 1.82) is 0 Å². The van der Waals surface area contributed by atoms with Gasteiger partial charge in [-0.05, 0) is 18.1 Å². The molecule has 16 heavy (non-hydrogen) atoms. The van der Waals surface area contributed by atoms with Crippen LogP contribution in [0, 0.1) is 5.92 Å². The summed E-state index contributed by atoms with van der Waals surface area (Å²) in [6.45, 7) is 5.23.